The molecule has 0 bridgehead atoms. The van der Waals surface area contributed by atoms with Crippen molar-refractivity contribution in [2.45, 2.75) is 25.0 Å². The summed E-state index contributed by atoms with van der Waals surface area (Å²) in [7, 11) is 1.74. The molecule has 1 amide bonds. The van der Waals surface area contributed by atoms with E-state index in [1.165, 1.54) is 19.0 Å². The number of rotatable bonds is 3. The van der Waals surface area contributed by atoms with E-state index >= 15 is 0 Å². The average molecular weight is 346 g/mol. The Morgan fingerprint density at radius 3 is 2.62 bits per heavy atom. The summed E-state index contributed by atoms with van der Waals surface area (Å²) in [6.45, 7) is 1.15. The van der Waals surface area contributed by atoms with Crippen LogP contribution in [0.15, 0.2) is 36.5 Å². The lowest BCUT2D eigenvalue weighted by Crippen LogP contribution is -2.48. The van der Waals surface area contributed by atoms with Crippen LogP contribution < -0.4 is 0 Å². The maximum absolute atomic E-state index is 13.0. The number of halogens is 1. The topological polar surface area (TPSA) is 47.4 Å². The van der Waals surface area contributed by atoms with E-state index in [1.54, 1.807) is 11.7 Å². The van der Waals surface area contributed by atoms with Crippen LogP contribution in [0.2, 0.25) is 5.02 Å². The lowest BCUT2D eigenvalue weighted by Gasteiger charge is -2.38. The molecule has 1 aliphatic heterocycles. The molecular formula is C18H20ClN3O2. The summed E-state index contributed by atoms with van der Waals surface area (Å²) < 4.78 is 7.85. The van der Waals surface area contributed by atoms with E-state index in [2.05, 4.69) is 17.2 Å². The number of morpholine rings is 1. The van der Waals surface area contributed by atoms with Crippen molar-refractivity contribution in [1.82, 2.24) is 14.7 Å². The molecule has 1 aromatic carbocycles. The van der Waals surface area contributed by atoms with Crippen molar-refractivity contribution in [3.05, 3.63) is 52.8 Å². The highest BCUT2D eigenvalue weighted by Gasteiger charge is 2.40. The van der Waals surface area contributed by atoms with Gasteiger partial charge in [0.15, 0.2) is 0 Å². The Hall–Kier alpha value is -1.85. The fraction of sp³-hybridized carbons (Fsp3) is 0.444. The third kappa shape index (κ3) is 2.94. The van der Waals surface area contributed by atoms with Gasteiger partial charge in [0.05, 0.1) is 23.9 Å². The SMILES string of the molecule is Cn1ncc(Cl)c1C(=O)N1C[C@@H](c2ccccc2)O[C@@H](C2CC2)C1. The van der Waals surface area contributed by atoms with Crippen molar-refractivity contribution in [3.63, 3.8) is 0 Å². The van der Waals surface area contributed by atoms with Crippen LogP contribution in [0.3, 0.4) is 0 Å². The number of aryl methyl sites for hydroxylation is 1. The van der Waals surface area contributed by atoms with Gasteiger partial charge in [-0.25, -0.2) is 0 Å². The van der Waals surface area contributed by atoms with E-state index in [9.17, 15) is 4.79 Å². The number of carbonyl (C=O) groups is 1. The summed E-state index contributed by atoms with van der Waals surface area (Å²) in [6.07, 6.45) is 3.88. The Kier molecular flexibility index (Phi) is 4.06. The van der Waals surface area contributed by atoms with E-state index < -0.39 is 0 Å². The van der Waals surface area contributed by atoms with Crippen LogP contribution in [-0.4, -0.2) is 39.8 Å². The fourth-order valence-electron chi connectivity index (χ4n) is 3.34. The lowest BCUT2D eigenvalue weighted by molar-refractivity contribution is -0.0865. The summed E-state index contributed by atoms with van der Waals surface area (Å²) in [4.78, 5) is 14.9. The van der Waals surface area contributed by atoms with E-state index in [0.717, 1.165) is 5.56 Å². The Balaban J connectivity index is 1.61. The highest BCUT2D eigenvalue weighted by atomic mass is 35.5. The normalized spacial score (nSPS) is 24.2. The second-order valence-corrected chi connectivity index (χ2v) is 6.99. The zero-order valence-corrected chi connectivity index (χ0v) is 14.3. The minimum Gasteiger partial charge on any atom is -0.366 e. The van der Waals surface area contributed by atoms with Gasteiger partial charge in [-0.1, -0.05) is 41.9 Å². The first-order valence-electron chi connectivity index (χ1n) is 8.30. The van der Waals surface area contributed by atoms with Crippen molar-refractivity contribution in [2.24, 2.45) is 13.0 Å². The number of hydrogen-bond acceptors (Lipinski definition) is 3. The number of hydrogen-bond donors (Lipinski definition) is 0. The third-order valence-corrected chi connectivity index (χ3v) is 5.11. The minimum absolute atomic E-state index is 0.0742. The molecule has 2 aliphatic rings. The second kappa shape index (κ2) is 6.22. The molecular weight excluding hydrogens is 326 g/mol. The first kappa shape index (κ1) is 15.7. The zero-order valence-electron chi connectivity index (χ0n) is 13.6. The molecule has 2 fully saturated rings. The average Bonchev–Trinajstić information content (AvgIpc) is 3.40. The molecule has 0 N–H and O–H groups in total. The predicted octanol–water partition coefficient (Wildman–Crippen LogP) is 3.07. The van der Waals surface area contributed by atoms with E-state index in [0.29, 0.717) is 29.7 Å². The minimum atomic E-state index is -0.0958. The molecule has 5 nitrogen and oxygen atoms in total. The molecule has 2 aromatic rings. The maximum atomic E-state index is 13.0. The van der Waals surface area contributed by atoms with Crippen LogP contribution in [0.4, 0.5) is 0 Å². The van der Waals surface area contributed by atoms with Crippen LogP contribution in [0, 0.1) is 5.92 Å². The summed E-state index contributed by atoms with van der Waals surface area (Å²) in [5, 5.41) is 4.48. The lowest BCUT2D eigenvalue weighted by atomic mass is 10.0. The number of carbonyl (C=O) groups excluding carboxylic acids is 1. The van der Waals surface area contributed by atoms with Crippen molar-refractivity contribution in [1.29, 1.82) is 0 Å². The summed E-state index contributed by atoms with van der Waals surface area (Å²) in [5.74, 6) is 0.490. The molecule has 1 saturated carbocycles. The maximum Gasteiger partial charge on any atom is 0.273 e. The van der Waals surface area contributed by atoms with Crippen molar-refractivity contribution >= 4 is 17.5 Å². The van der Waals surface area contributed by atoms with Gasteiger partial charge in [0.25, 0.3) is 5.91 Å². The summed E-state index contributed by atoms with van der Waals surface area (Å²) in [6, 6.07) is 10.1. The molecule has 2 atom stereocenters. The summed E-state index contributed by atoms with van der Waals surface area (Å²) in [5.41, 5.74) is 1.55. The summed E-state index contributed by atoms with van der Waals surface area (Å²) >= 11 is 6.16. The standard InChI is InChI=1S/C18H20ClN3O2/c1-21-17(14(19)9-20-21)18(23)22-10-15(12-5-3-2-4-6-12)24-16(11-22)13-7-8-13/h2-6,9,13,15-16H,7-8,10-11H2,1H3/t15-,16+/m0/s1. The van der Waals surface area contributed by atoms with Gasteiger partial charge >= 0.3 is 0 Å². The van der Waals surface area contributed by atoms with Gasteiger partial charge in [-0.2, -0.15) is 5.10 Å². The van der Waals surface area contributed by atoms with Gasteiger partial charge in [0, 0.05) is 13.6 Å². The fourth-order valence-corrected chi connectivity index (χ4v) is 3.58. The molecule has 0 spiro atoms. The number of benzene rings is 1. The van der Waals surface area contributed by atoms with E-state index in [4.69, 9.17) is 16.3 Å². The van der Waals surface area contributed by atoms with Crippen molar-refractivity contribution in [3.8, 4) is 0 Å². The number of aromatic nitrogens is 2. The first-order chi connectivity index (χ1) is 11.6. The first-order valence-corrected chi connectivity index (χ1v) is 8.68. The molecule has 24 heavy (non-hydrogen) atoms. The largest absolute Gasteiger partial charge is 0.366 e. The predicted molar refractivity (Wildman–Crippen MR) is 90.9 cm³/mol. The Bertz CT molecular complexity index is 722. The molecule has 0 radical (unpaired) electrons. The number of amides is 1. The van der Waals surface area contributed by atoms with Gasteiger partial charge in [-0.05, 0) is 24.3 Å². The molecule has 4 rings (SSSR count). The van der Waals surface area contributed by atoms with E-state index in [-0.39, 0.29) is 18.1 Å². The van der Waals surface area contributed by atoms with Crippen molar-refractivity contribution < 1.29 is 9.53 Å². The molecule has 1 aliphatic carbocycles. The van der Waals surface area contributed by atoms with Gasteiger partial charge in [-0.15, -0.1) is 0 Å². The molecule has 6 heteroatoms. The molecule has 126 valence electrons. The van der Waals surface area contributed by atoms with Crippen molar-refractivity contribution in [2.75, 3.05) is 13.1 Å². The molecule has 0 unspecified atom stereocenters. The van der Waals surface area contributed by atoms with Gasteiger partial charge in [0.2, 0.25) is 0 Å². The van der Waals surface area contributed by atoms with Gasteiger partial charge in [0.1, 0.15) is 11.8 Å². The Labute approximate surface area is 146 Å². The molecule has 1 saturated heterocycles. The second-order valence-electron chi connectivity index (χ2n) is 6.59. The zero-order chi connectivity index (χ0) is 16.7. The monoisotopic (exact) mass is 345 g/mol. The Morgan fingerprint density at radius 2 is 2.00 bits per heavy atom. The quantitative estimate of drug-likeness (QED) is 0.859. The Morgan fingerprint density at radius 1 is 1.25 bits per heavy atom. The number of nitrogens with zero attached hydrogens (tertiary/aromatic N) is 3. The molecule has 2 heterocycles. The number of ether oxygens (including phenoxy) is 1. The van der Waals surface area contributed by atoms with Crippen LogP contribution in [-0.2, 0) is 11.8 Å². The van der Waals surface area contributed by atoms with Crippen LogP contribution in [0.25, 0.3) is 0 Å². The van der Waals surface area contributed by atoms with Crippen LogP contribution >= 0.6 is 11.6 Å². The van der Waals surface area contributed by atoms with E-state index in [1.807, 2.05) is 23.1 Å². The molecule has 1 aromatic heterocycles. The highest BCUT2D eigenvalue weighted by molar-refractivity contribution is 6.33. The smallest absolute Gasteiger partial charge is 0.273 e. The van der Waals surface area contributed by atoms with Gasteiger partial charge < -0.3 is 9.64 Å². The highest BCUT2D eigenvalue weighted by Crippen LogP contribution is 2.39. The third-order valence-electron chi connectivity index (χ3n) is 4.83. The van der Waals surface area contributed by atoms with Crippen LogP contribution in [0.1, 0.15) is 35.0 Å². The van der Waals surface area contributed by atoms with Gasteiger partial charge in [-0.3, -0.25) is 9.48 Å². The van der Waals surface area contributed by atoms with Crippen LogP contribution in [0.5, 0.6) is 0 Å².